The highest BCUT2D eigenvalue weighted by molar-refractivity contribution is 5.80. The first-order valence-electron chi connectivity index (χ1n) is 8.51. The molecule has 134 valence electrons. The molecular formula is C17H23FN6O. The predicted octanol–water partition coefficient (Wildman–Crippen LogP) is 1.11. The number of nitrogens with one attached hydrogen (secondary N) is 1. The van der Waals surface area contributed by atoms with Gasteiger partial charge in [0, 0.05) is 12.5 Å². The van der Waals surface area contributed by atoms with Crippen molar-refractivity contribution in [3.8, 4) is 0 Å². The number of carbonyl (C=O) groups is 1. The van der Waals surface area contributed by atoms with Crippen molar-refractivity contribution in [2.45, 2.75) is 38.3 Å². The fourth-order valence-electron chi connectivity index (χ4n) is 3.11. The average molecular weight is 346 g/mol. The van der Waals surface area contributed by atoms with Gasteiger partial charge in [0.05, 0.1) is 0 Å². The van der Waals surface area contributed by atoms with E-state index in [4.69, 9.17) is 0 Å². The van der Waals surface area contributed by atoms with E-state index in [1.807, 2.05) is 0 Å². The van der Waals surface area contributed by atoms with Gasteiger partial charge in [-0.05, 0) is 68.0 Å². The quantitative estimate of drug-likeness (QED) is 0.878. The van der Waals surface area contributed by atoms with Gasteiger partial charge in [-0.1, -0.05) is 12.1 Å². The summed E-state index contributed by atoms with van der Waals surface area (Å²) in [7, 11) is 2.08. The van der Waals surface area contributed by atoms with Gasteiger partial charge in [-0.3, -0.25) is 4.79 Å². The molecule has 1 fully saturated rings. The molecule has 0 saturated carbocycles. The van der Waals surface area contributed by atoms with Gasteiger partial charge < -0.3 is 10.2 Å². The molecular weight excluding hydrogens is 323 g/mol. The summed E-state index contributed by atoms with van der Waals surface area (Å²) in [4.78, 5) is 15.2. The third kappa shape index (κ3) is 4.39. The van der Waals surface area contributed by atoms with Crippen molar-refractivity contribution >= 4 is 5.91 Å². The highest BCUT2D eigenvalue weighted by Gasteiger charge is 2.27. The van der Waals surface area contributed by atoms with Crippen LogP contribution in [0, 0.1) is 12.7 Å². The van der Waals surface area contributed by atoms with Gasteiger partial charge in [-0.2, -0.15) is 0 Å². The standard InChI is InChI=1S/C17H23FN6O/c1-12-20-21-22-24(12)16(11-13-3-5-14(18)6-4-13)17(25)19-15-7-9-23(2)10-8-15/h3-6,15-16H,7-11H2,1-2H3,(H,19,25). The second-order valence-electron chi connectivity index (χ2n) is 6.60. The number of benzene rings is 1. The minimum Gasteiger partial charge on any atom is -0.351 e. The first kappa shape index (κ1) is 17.5. The van der Waals surface area contributed by atoms with Crippen LogP contribution >= 0.6 is 0 Å². The van der Waals surface area contributed by atoms with Crippen LogP contribution in [0.5, 0.6) is 0 Å². The summed E-state index contributed by atoms with van der Waals surface area (Å²) in [6.45, 7) is 3.70. The summed E-state index contributed by atoms with van der Waals surface area (Å²) < 4.78 is 14.7. The molecule has 0 bridgehead atoms. The number of nitrogens with zero attached hydrogens (tertiary/aromatic N) is 5. The van der Waals surface area contributed by atoms with Crippen LogP contribution in [0.25, 0.3) is 0 Å². The molecule has 3 rings (SSSR count). The van der Waals surface area contributed by atoms with Crippen molar-refractivity contribution in [3.63, 3.8) is 0 Å². The van der Waals surface area contributed by atoms with Gasteiger partial charge >= 0.3 is 0 Å². The van der Waals surface area contributed by atoms with Crippen molar-refractivity contribution in [1.29, 1.82) is 0 Å². The number of hydrogen-bond donors (Lipinski definition) is 1. The fourth-order valence-corrected chi connectivity index (χ4v) is 3.11. The van der Waals surface area contributed by atoms with Crippen LogP contribution in [0.15, 0.2) is 24.3 Å². The second kappa shape index (κ2) is 7.69. The van der Waals surface area contributed by atoms with Crippen LogP contribution in [0.4, 0.5) is 4.39 Å². The number of halogens is 1. The molecule has 0 radical (unpaired) electrons. The Hall–Kier alpha value is -2.35. The van der Waals surface area contributed by atoms with Gasteiger partial charge in [0.25, 0.3) is 0 Å². The van der Waals surface area contributed by atoms with Crippen molar-refractivity contribution < 1.29 is 9.18 Å². The number of aromatic nitrogens is 4. The summed E-state index contributed by atoms with van der Waals surface area (Å²) >= 11 is 0. The SMILES string of the molecule is Cc1nnnn1C(Cc1ccc(F)cc1)C(=O)NC1CCN(C)CC1. The van der Waals surface area contributed by atoms with Gasteiger partial charge in [-0.25, -0.2) is 9.07 Å². The molecule has 1 N–H and O–H groups in total. The Morgan fingerprint density at radius 3 is 2.60 bits per heavy atom. The summed E-state index contributed by atoms with van der Waals surface area (Å²) in [5.74, 6) is 0.176. The van der Waals surface area contributed by atoms with Crippen LogP contribution in [0.1, 0.15) is 30.3 Å². The molecule has 1 saturated heterocycles. The maximum absolute atomic E-state index is 13.1. The van der Waals surface area contributed by atoms with Crippen LogP contribution in [-0.2, 0) is 11.2 Å². The van der Waals surface area contributed by atoms with E-state index in [1.54, 1.807) is 19.1 Å². The summed E-state index contributed by atoms with van der Waals surface area (Å²) in [6, 6.07) is 5.77. The number of carbonyl (C=O) groups excluding carboxylic acids is 1. The van der Waals surface area contributed by atoms with Crippen molar-refractivity contribution in [2.75, 3.05) is 20.1 Å². The number of amides is 1. The summed E-state index contributed by atoms with van der Waals surface area (Å²) in [6.07, 6.45) is 2.27. The van der Waals surface area contributed by atoms with E-state index in [-0.39, 0.29) is 17.8 Å². The van der Waals surface area contributed by atoms with Gasteiger partial charge in [0.1, 0.15) is 17.7 Å². The van der Waals surface area contributed by atoms with Crippen LogP contribution in [0.3, 0.4) is 0 Å². The second-order valence-corrected chi connectivity index (χ2v) is 6.60. The number of piperidine rings is 1. The highest BCUT2D eigenvalue weighted by atomic mass is 19.1. The predicted molar refractivity (Wildman–Crippen MR) is 90.4 cm³/mol. The van der Waals surface area contributed by atoms with E-state index >= 15 is 0 Å². The summed E-state index contributed by atoms with van der Waals surface area (Å²) in [5, 5.41) is 14.6. The molecule has 1 aliphatic rings. The van der Waals surface area contributed by atoms with Crippen molar-refractivity contribution in [2.24, 2.45) is 0 Å². The number of likely N-dealkylation sites (tertiary alicyclic amines) is 1. The third-order valence-electron chi connectivity index (χ3n) is 4.66. The Kier molecular flexibility index (Phi) is 5.37. The first-order valence-corrected chi connectivity index (χ1v) is 8.51. The highest BCUT2D eigenvalue weighted by Crippen LogP contribution is 2.17. The van der Waals surface area contributed by atoms with Gasteiger partial charge in [-0.15, -0.1) is 5.10 Å². The minimum atomic E-state index is -0.555. The molecule has 1 atom stereocenters. The monoisotopic (exact) mass is 346 g/mol. The van der Waals surface area contributed by atoms with Gasteiger partial charge in [0.2, 0.25) is 5.91 Å². The lowest BCUT2D eigenvalue weighted by Gasteiger charge is -2.30. The Balaban J connectivity index is 1.75. The smallest absolute Gasteiger partial charge is 0.245 e. The Labute approximate surface area is 146 Å². The fraction of sp³-hybridized carbons (Fsp3) is 0.529. The largest absolute Gasteiger partial charge is 0.351 e. The molecule has 1 aliphatic heterocycles. The maximum Gasteiger partial charge on any atom is 0.245 e. The topological polar surface area (TPSA) is 75.9 Å². The molecule has 2 heterocycles. The van der Waals surface area contributed by atoms with Crippen molar-refractivity contribution in [3.05, 3.63) is 41.5 Å². The van der Waals surface area contributed by atoms with Crippen LogP contribution in [-0.4, -0.2) is 57.2 Å². The van der Waals surface area contributed by atoms with Gasteiger partial charge in [0.15, 0.2) is 0 Å². The lowest BCUT2D eigenvalue weighted by molar-refractivity contribution is -0.125. The molecule has 1 unspecified atom stereocenters. The molecule has 8 heteroatoms. The third-order valence-corrected chi connectivity index (χ3v) is 4.66. The molecule has 2 aromatic rings. The lowest BCUT2D eigenvalue weighted by Crippen LogP contribution is -2.46. The maximum atomic E-state index is 13.1. The number of rotatable bonds is 5. The molecule has 7 nitrogen and oxygen atoms in total. The first-order chi connectivity index (χ1) is 12.0. The normalized spacial score (nSPS) is 17.4. The zero-order chi connectivity index (χ0) is 17.8. The molecule has 1 aromatic carbocycles. The van der Waals surface area contributed by atoms with Crippen molar-refractivity contribution in [1.82, 2.24) is 30.4 Å². The molecule has 25 heavy (non-hydrogen) atoms. The van der Waals surface area contributed by atoms with E-state index in [2.05, 4.69) is 32.8 Å². The van der Waals surface area contributed by atoms with E-state index in [0.29, 0.717) is 12.2 Å². The zero-order valence-electron chi connectivity index (χ0n) is 14.5. The molecule has 1 amide bonds. The Morgan fingerprint density at radius 2 is 2.00 bits per heavy atom. The molecule has 0 aliphatic carbocycles. The van der Waals surface area contributed by atoms with E-state index in [1.165, 1.54) is 16.8 Å². The Bertz CT molecular complexity index is 708. The van der Waals surface area contributed by atoms with E-state index in [0.717, 1.165) is 31.5 Å². The van der Waals surface area contributed by atoms with Crippen LogP contribution in [0.2, 0.25) is 0 Å². The van der Waals surface area contributed by atoms with Crippen LogP contribution < -0.4 is 5.32 Å². The molecule has 0 spiro atoms. The number of tetrazole rings is 1. The van der Waals surface area contributed by atoms with E-state index < -0.39 is 6.04 Å². The Morgan fingerprint density at radius 1 is 1.32 bits per heavy atom. The number of aryl methyl sites for hydroxylation is 1. The molecule has 1 aromatic heterocycles. The number of hydrogen-bond acceptors (Lipinski definition) is 5. The minimum absolute atomic E-state index is 0.103. The summed E-state index contributed by atoms with van der Waals surface area (Å²) in [5.41, 5.74) is 0.861. The average Bonchev–Trinajstić information content (AvgIpc) is 3.02. The van der Waals surface area contributed by atoms with E-state index in [9.17, 15) is 9.18 Å². The lowest BCUT2D eigenvalue weighted by atomic mass is 10.0. The zero-order valence-corrected chi connectivity index (χ0v) is 14.5.